The number of methoxy groups -OCH3 is 1. The van der Waals surface area contributed by atoms with Crippen molar-refractivity contribution in [2.45, 2.75) is 20.4 Å². The lowest BCUT2D eigenvalue weighted by Gasteiger charge is -2.12. The molecule has 0 unspecified atom stereocenters. The van der Waals surface area contributed by atoms with Gasteiger partial charge in [-0.2, -0.15) is 0 Å². The van der Waals surface area contributed by atoms with Gasteiger partial charge in [-0.3, -0.25) is 4.79 Å². The predicted octanol–water partition coefficient (Wildman–Crippen LogP) is 7.49. The van der Waals surface area contributed by atoms with Gasteiger partial charge in [0.25, 0.3) is 0 Å². The first-order valence-electron chi connectivity index (χ1n) is 13.4. The van der Waals surface area contributed by atoms with Gasteiger partial charge in [0.05, 0.1) is 7.11 Å². The number of para-hydroxylation sites is 1. The highest BCUT2D eigenvalue weighted by Crippen LogP contribution is 2.33. The van der Waals surface area contributed by atoms with E-state index in [1.54, 1.807) is 19.2 Å². The van der Waals surface area contributed by atoms with Crippen molar-refractivity contribution in [1.82, 2.24) is 4.57 Å². The SMILES string of the molecule is CCn1c2ccccc2c2cc(C=C(c3ccc(OC)cc3)c3ccc(OC(=O)OCCOC(C)=O)cc3)ccc21. The fraction of sp³-hybridized carbons (Fsp3) is 0.176. The Balaban J connectivity index is 1.47. The summed E-state index contributed by atoms with van der Waals surface area (Å²) in [4.78, 5) is 22.8. The highest BCUT2D eigenvalue weighted by atomic mass is 16.7. The Kier molecular flexibility index (Phi) is 8.34. The molecule has 41 heavy (non-hydrogen) atoms. The molecule has 7 heteroatoms. The molecule has 208 valence electrons. The van der Waals surface area contributed by atoms with Gasteiger partial charge < -0.3 is 23.5 Å². The van der Waals surface area contributed by atoms with Crippen LogP contribution in [0.15, 0.2) is 91.0 Å². The zero-order valence-corrected chi connectivity index (χ0v) is 23.3. The average Bonchev–Trinajstić information content (AvgIpc) is 3.31. The third kappa shape index (κ3) is 6.25. The molecular weight excluding hydrogens is 518 g/mol. The molecule has 0 saturated heterocycles. The first-order chi connectivity index (χ1) is 20.0. The largest absolute Gasteiger partial charge is 0.513 e. The van der Waals surface area contributed by atoms with E-state index in [0.717, 1.165) is 34.6 Å². The Hall–Kier alpha value is -5.04. The lowest BCUT2D eigenvalue weighted by molar-refractivity contribution is -0.142. The van der Waals surface area contributed by atoms with Gasteiger partial charge in [-0.15, -0.1) is 0 Å². The summed E-state index contributed by atoms with van der Waals surface area (Å²) in [6.07, 6.45) is 1.30. The Morgan fingerprint density at radius 3 is 2.05 bits per heavy atom. The van der Waals surface area contributed by atoms with Crippen LogP contribution in [0.4, 0.5) is 4.79 Å². The predicted molar refractivity (Wildman–Crippen MR) is 160 cm³/mol. The van der Waals surface area contributed by atoms with Crippen LogP contribution in [-0.4, -0.2) is 37.0 Å². The van der Waals surface area contributed by atoms with Gasteiger partial charge in [0.1, 0.15) is 24.7 Å². The second kappa shape index (κ2) is 12.4. The van der Waals surface area contributed by atoms with E-state index < -0.39 is 12.1 Å². The van der Waals surface area contributed by atoms with Crippen molar-refractivity contribution in [3.63, 3.8) is 0 Å². The third-order valence-corrected chi connectivity index (χ3v) is 6.80. The van der Waals surface area contributed by atoms with E-state index in [1.165, 1.54) is 28.7 Å². The number of ether oxygens (including phenoxy) is 4. The third-order valence-electron chi connectivity index (χ3n) is 6.80. The number of carbonyl (C=O) groups is 2. The monoisotopic (exact) mass is 549 g/mol. The van der Waals surface area contributed by atoms with Crippen LogP contribution in [0.25, 0.3) is 33.5 Å². The molecule has 0 amide bonds. The molecule has 0 bridgehead atoms. The summed E-state index contributed by atoms with van der Waals surface area (Å²) in [5, 5.41) is 2.44. The summed E-state index contributed by atoms with van der Waals surface area (Å²) in [7, 11) is 1.65. The van der Waals surface area contributed by atoms with Crippen molar-refractivity contribution < 1.29 is 28.5 Å². The molecule has 5 aromatic rings. The maximum Gasteiger partial charge on any atom is 0.513 e. The normalized spacial score (nSPS) is 11.4. The van der Waals surface area contributed by atoms with Crippen molar-refractivity contribution >= 4 is 45.6 Å². The van der Waals surface area contributed by atoms with Gasteiger partial charge >= 0.3 is 12.1 Å². The van der Waals surface area contributed by atoms with Crippen LogP contribution in [-0.2, 0) is 20.8 Å². The van der Waals surface area contributed by atoms with Crippen LogP contribution in [0.2, 0.25) is 0 Å². The molecule has 0 atom stereocenters. The van der Waals surface area contributed by atoms with Gasteiger partial charge in [0, 0.05) is 35.3 Å². The van der Waals surface area contributed by atoms with Crippen molar-refractivity contribution in [3.8, 4) is 11.5 Å². The molecule has 4 aromatic carbocycles. The fourth-order valence-electron chi connectivity index (χ4n) is 4.91. The standard InChI is InChI=1S/C34H31NO6/c1-4-35-32-8-6-5-7-29(32)31-22-24(9-18-33(31)35)21-30(25-10-14-27(38-3)15-11-25)26-12-16-28(17-13-26)41-34(37)40-20-19-39-23(2)36/h5-18,21-22H,4,19-20H2,1-3H3. The van der Waals surface area contributed by atoms with Crippen LogP contribution in [0.1, 0.15) is 30.5 Å². The molecule has 0 aliphatic carbocycles. The van der Waals surface area contributed by atoms with Gasteiger partial charge in [-0.25, -0.2) is 4.79 Å². The van der Waals surface area contributed by atoms with Crippen molar-refractivity contribution in [1.29, 1.82) is 0 Å². The molecule has 0 radical (unpaired) electrons. The number of carbonyl (C=O) groups excluding carboxylic acids is 2. The minimum absolute atomic E-state index is 0.0237. The lowest BCUT2D eigenvalue weighted by atomic mass is 9.95. The quantitative estimate of drug-likeness (QED) is 0.0821. The van der Waals surface area contributed by atoms with E-state index in [-0.39, 0.29) is 13.2 Å². The van der Waals surface area contributed by atoms with E-state index in [0.29, 0.717) is 5.75 Å². The second-order valence-electron chi connectivity index (χ2n) is 9.39. The van der Waals surface area contributed by atoms with E-state index in [9.17, 15) is 9.59 Å². The Morgan fingerprint density at radius 1 is 0.756 bits per heavy atom. The molecule has 5 rings (SSSR count). The molecule has 0 N–H and O–H groups in total. The maximum absolute atomic E-state index is 12.0. The Morgan fingerprint density at radius 2 is 1.39 bits per heavy atom. The zero-order valence-electron chi connectivity index (χ0n) is 23.3. The Labute approximate surface area is 238 Å². The fourth-order valence-corrected chi connectivity index (χ4v) is 4.91. The number of rotatable bonds is 9. The molecule has 0 fully saturated rings. The van der Waals surface area contributed by atoms with Gasteiger partial charge in [0.2, 0.25) is 0 Å². The Bertz CT molecular complexity index is 1710. The van der Waals surface area contributed by atoms with E-state index in [2.05, 4.69) is 60.0 Å². The maximum atomic E-state index is 12.0. The number of nitrogens with zero attached hydrogens (tertiary/aromatic N) is 1. The number of hydrogen-bond acceptors (Lipinski definition) is 6. The highest BCUT2D eigenvalue weighted by Gasteiger charge is 2.12. The minimum atomic E-state index is -0.865. The molecule has 0 aliphatic rings. The van der Waals surface area contributed by atoms with Gasteiger partial charge in [-0.05, 0) is 77.7 Å². The number of aryl methyl sites for hydroxylation is 1. The molecule has 0 spiro atoms. The van der Waals surface area contributed by atoms with Crippen LogP contribution >= 0.6 is 0 Å². The van der Waals surface area contributed by atoms with Crippen LogP contribution in [0.3, 0.4) is 0 Å². The number of esters is 1. The lowest BCUT2D eigenvalue weighted by Crippen LogP contribution is -2.15. The van der Waals surface area contributed by atoms with E-state index in [4.69, 9.17) is 18.9 Å². The molecule has 0 aliphatic heterocycles. The smallest absolute Gasteiger partial charge is 0.497 e. The summed E-state index contributed by atoms with van der Waals surface area (Å²) in [5.41, 5.74) is 6.46. The first kappa shape index (κ1) is 27.5. The van der Waals surface area contributed by atoms with E-state index >= 15 is 0 Å². The summed E-state index contributed by atoms with van der Waals surface area (Å²) in [5.74, 6) is 0.679. The van der Waals surface area contributed by atoms with Gasteiger partial charge in [-0.1, -0.05) is 48.5 Å². The molecule has 1 heterocycles. The zero-order chi connectivity index (χ0) is 28.8. The second-order valence-corrected chi connectivity index (χ2v) is 9.39. The molecular formula is C34H31NO6. The number of aromatic nitrogens is 1. The van der Waals surface area contributed by atoms with E-state index in [1.807, 2.05) is 36.4 Å². The van der Waals surface area contributed by atoms with Gasteiger partial charge in [0.15, 0.2) is 0 Å². The van der Waals surface area contributed by atoms with Crippen molar-refractivity contribution in [2.24, 2.45) is 0 Å². The molecule has 7 nitrogen and oxygen atoms in total. The topological polar surface area (TPSA) is 76.0 Å². The summed E-state index contributed by atoms with van der Waals surface area (Å²) in [6.45, 7) is 4.24. The number of fused-ring (bicyclic) bond motifs is 3. The van der Waals surface area contributed by atoms with Crippen molar-refractivity contribution in [2.75, 3.05) is 20.3 Å². The van der Waals surface area contributed by atoms with Crippen LogP contribution < -0.4 is 9.47 Å². The molecule has 1 aromatic heterocycles. The average molecular weight is 550 g/mol. The van der Waals surface area contributed by atoms with Crippen molar-refractivity contribution in [3.05, 3.63) is 108 Å². The van der Waals surface area contributed by atoms with Crippen LogP contribution in [0.5, 0.6) is 11.5 Å². The highest BCUT2D eigenvalue weighted by molar-refractivity contribution is 6.09. The summed E-state index contributed by atoms with van der Waals surface area (Å²) in [6, 6.07) is 30.2. The molecule has 0 saturated carbocycles. The minimum Gasteiger partial charge on any atom is -0.497 e. The number of hydrogen-bond donors (Lipinski definition) is 0. The number of benzene rings is 4. The summed E-state index contributed by atoms with van der Waals surface area (Å²) < 4.78 is 22.7. The first-order valence-corrected chi connectivity index (χ1v) is 13.4. The summed E-state index contributed by atoms with van der Waals surface area (Å²) >= 11 is 0. The van der Waals surface area contributed by atoms with Crippen LogP contribution in [0, 0.1) is 0 Å².